The van der Waals surface area contributed by atoms with Crippen LogP contribution in [0.15, 0.2) is 59.6 Å². The summed E-state index contributed by atoms with van der Waals surface area (Å²) in [6.45, 7) is -0.0476. The summed E-state index contributed by atoms with van der Waals surface area (Å²) in [4.78, 5) is 27.1. The summed E-state index contributed by atoms with van der Waals surface area (Å²) in [5, 5.41) is 26.7. The number of nitrogens with zero attached hydrogens (tertiary/aromatic N) is 1. The van der Waals surface area contributed by atoms with Gasteiger partial charge in [-0.1, -0.05) is 48.5 Å². The number of carbonyl (C=O) groups is 2. The molecule has 0 fully saturated rings. The number of hydrogen-bond donors (Lipinski definition) is 4. The van der Waals surface area contributed by atoms with E-state index in [9.17, 15) is 9.59 Å². The predicted octanol–water partition coefficient (Wildman–Crippen LogP) is 0.187. The molecule has 0 aliphatic heterocycles. The van der Waals surface area contributed by atoms with Crippen LogP contribution >= 0.6 is 0 Å². The molecule has 2 rings (SSSR count). The van der Waals surface area contributed by atoms with Crippen LogP contribution in [0.5, 0.6) is 0 Å². The summed E-state index contributed by atoms with van der Waals surface area (Å²) < 4.78 is 0. The van der Waals surface area contributed by atoms with Crippen LogP contribution in [0.4, 0.5) is 0 Å². The third-order valence-electron chi connectivity index (χ3n) is 3.45. The molecule has 0 radical (unpaired) electrons. The molecule has 0 aromatic heterocycles. The van der Waals surface area contributed by atoms with Crippen LogP contribution in [0.1, 0.15) is 21.5 Å². The molecule has 0 saturated carbocycles. The average molecular weight is 352 g/mol. The molecule has 4 N–H and O–H groups in total. The van der Waals surface area contributed by atoms with Gasteiger partial charge in [0.1, 0.15) is 6.54 Å². The molecule has 0 heterocycles. The molecule has 0 unspecified atom stereocenters. The van der Waals surface area contributed by atoms with Crippen molar-refractivity contribution in [3.05, 3.63) is 71.3 Å². The first-order valence-electron chi connectivity index (χ1n) is 7.71. The Hall–Kier alpha value is -3.07. The number of Topliss-reactive ketones (excluding diaryl/α,β-unsaturated/α-hetero) is 1. The molecule has 0 spiro atoms. The Balaban J connectivity index is 1.96. The summed E-state index contributed by atoms with van der Waals surface area (Å²) >= 11 is 0. The van der Waals surface area contributed by atoms with Gasteiger partial charge in [-0.15, -0.1) is 0 Å². The number of ketones is 1. The van der Waals surface area contributed by atoms with E-state index in [1.807, 2.05) is 0 Å². The minimum Gasteiger partial charge on any atom is -0.423 e. The minimum atomic E-state index is -1.55. The molecular formula is C18H17BN2O5. The van der Waals surface area contributed by atoms with E-state index in [0.29, 0.717) is 22.2 Å². The van der Waals surface area contributed by atoms with E-state index in [4.69, 9.17) is 15.3 Å². The van der Waals surface area contributed by atoms with Crippen LogP contribution in [-0.4, -0.2) is 46.8 Å². The summed E-state index contributed by atoms with van der Waals surface area (Å²) in [5.41, 5.74) is 3.67. The number of hydroxylamine groups is 1. The lowest BCUT2D eigenvalue weighted by Gasteiger charge is -2.01. The van der Waals surface area contributed by atoms with Crippen molar-refractivity contribution in [1.82, 2.24) is 5.48 Å². The molecule has 1 amide bonds. The molecule has 2 aromatic carbocycles. The third kappa shape index (κ3) is 5.78. The van der Waals surface area contributed by atoms with E-state index in [0.717, 1.165) is 0 Å². The van der Waals surface area contributed by atoms with E-state index >= 15 is 0 Å². The molecule has 0 aliphatic rings. The third-order valence-corrected chi connectivity index (χ3v) is 3.45. The SMILES string of the molecule is O=C(/C=C/c1ccc(C(=O)CN=Cc2cccc(B(O)O)c2)cc1)NO. The van der Waals surface area contributed by atoms with E-state index < -0.39 is 13.0 Å². The highest BCUT2D eigenvalue weighted by molar-refractivity contribution is 6.58. The summed E-state index contributed by atoms with van der Waals surface area (Å²) in [7, 11) is -1.55. The number of amides is 1. The first-order valence-corrected chi connectivity index (χ1v) is 7.71. The predicted molar refractivity (Wildman–Crippen MR) is 98.5 cm³/mol. The van der Waals surface area contributed by atoms with Gasteiger partial charge in [0.05, 0.1) is 0 Å². The Morgan fingerprint density at radius 2 is 1.81 bits per heavy atom. The minimum absolute atomic E-state index is 0.0476. The fraction of sp³-hybridized carbons (Fsp3) is 0.0556. The van der Waals surface area contributed by atoms with Gasteiger partial charge in [0, 0.05) is 17.9 Å². The zero-order valence-electron chi connectivity index (χ0n) is 13.7. The van der Waals surface area contributed by atoms with Gasteiger partial charge in [0.2, 0.25) is 0 Å². The lowest BCUT2D eigenvalue weighted by molar-refractivity contribution is -0.124. The monoisotopic (exact) mass is 352 g/mol. The first-order chi connectivity index (χ1) is 12.5. The van der Waals surface area contributed by atoms with Crippen LogP contribution in [0, 0.1) is 0 Å². The van der Waals surface area contributed by atoms with Crippen molar-refractivity contribution in [2.75, 3.05) is 6.54 Å². The second-order valence-corrected chi connectivity index (χ2v) is 5.37. The van der Waals surface area contributed by atoms with Crippen LogP contribution in [0.25, 0.3) is 6.08 Å². The van der Waals surface area contributed by atoms with E-state index in [2.05, 4.69) is 4.99 Å². The molecule has 0 atom stereocenters. The molecule has 0 bridgehead atoms. The zero-order valence-corrected chi connectivity index (χ0v) is 13.7. The van der Waals surface area contributed by atoms with Crippen LogP contribution in [0.2, 0.25) is 0 Å². The lowest BCUT2D eigenvalue weighted by atomic mass is 9.80. The topological polar surface area (TPSA) is 119 Å². The van der Waals surface area contributed by atoms with Crippen LogP contribution in [-0.2, 0) is 4.79 Å². The van der Waals surface area contributed by atoms with Gasteiger partial charge in [-0.25, -0.2) is 5.48 Å². The normalized spacial score (nSPS) is 11.0. The number of hydrogen-bond acceptors (Lipinski definition) is 6. The molecule has 0 aliphatic carbocycles. The summed E-state index contributed by atoms with van der Waals surface area (Å²) in [5.74, 6) is -0.819. The second kappa shape index (κ2) is 9.43. The first kappa shape index (κ1) is 19.3. The quantitative estimate of drug-likeness (QED) is 0.142. The second-order valence-electron chi connectivity index (χ2n) is 5.37. The van der Waals surface area contributed by atoms with Crippen molar-refractivity contribution in [1.29, 1.82) is 0 Å². The highest BCUT2D eigenvalue weighted by Gasteiger charge is 2.10. The molecular weight excluding hydrogens is 335 g/mol. The van der Waals surface area contributed by atoms with Crippen molar-refractivity contribution < 1.29 is 24.8 Å². The largest absolute Gasteiger partial charge is 0.488 e. The number of carbonyl (C=O) groups excluding carboxylic acids is 2. The van der Waals surface area contributed by atoms with Crippen molar-refractivity contribution in [3.8, 4) is 0 Å². The highest BCUT2D eigenvalue weighted by Crippen LogP contribution is 2.07. The fourth-order valence-corrected chi connectivity index (χ4v) is 2.11. The Bertz CT molecular complexity index is 832. The summed E-state index contributed by atoms with van der Waals surface area (Å²) in [6.07, 6.45) is 4.16. The number of nitrogens with one attached hydrogen (secondary N) is 1. The lowest BCUT2D eigenvalue weighted by Crippen LogP contribution is -2.29. The number of aliphatic imine (C=N–C) groups is 1. The molecule has 132 valence electrons. The molecule has 26 heavy (non-hydrogen) atoms. The summed E-state index contributed by atoms with van der Waals surface area (Å²) in [6, 6.07) is 13.1. The standard InChI is InChI=1S/C18H17BN2O5/c22-17(12-20-11-14-2-1-3-16(10-14)19(24)25)15-7-4-13(5-8-15)6-9-18(23)21-26/h1-11,24-26H,12H2,(H,21,23)/b9-6+,20-11?. The van der Waals surface area contributed by atoms with E-state index in [-0.39, 0.29) is 12.3 Å². The van der Waals surface area contributed by atoms with Gasteiger partial charge in [-0.3, -0.25) is 19.8 Å². The van der Waals surface area contributed by atoms with Crippen molar-refractivity contribution in [3.63, 3.8) is 0 Å². The van der Waals surface area contributed by atoms with Gasteiger partial charge in [0.25, 0.3) is 5.91 Å². The maximum absolute atomic E-state index is 12.1. The van der Waals surface area contributed by atoms with Crippen molar-refractivity contribution in [2.24, 2.45) is 4.99 Å². The van der Waals surface area contributed by atoms with Crippen LogP contribution in [0.3, 0.4) is 0 Å². The van der Waals surface area contributed by atoms with Crippen LogP contribution < -0.4 is 10.9 Å². The average Bonchev–Trinajstić information content (AvgIpc) is 2.66. The Labute approximate surface area is 150 Å². The van der Waals surface area contributed by atoms with Gasteiger partial charge < -0.3 is 10.0 Å². The van der Waals surface area contributed by atoms with Crippen molar-refractivity contribution in [2.45, 2.75) is 0 Å². The van der Waals surface area contributed by atoms with Gasteiger partial charge in [0.15, 0.2) is 5.78 Å². The highest BCUT2D eigenvalue weighted by atomic mass is 16.5. The maximum atomic E-state index is 12.1. The zero-order chi connectivity index (χ0) is 18.9. The Morgan fingerprint density at radius 1 is 1.08 bits per heavy atom. The van der Waals surface area contributed by atoms with Gasteiger partial charge in [-0.05, 0) is 22.7 Å². The number of rotatable bonds is 7. The van der Waals surface area contributed by atoms with Gasteiger partial charge in [-0.2, -0.15) is 0 Å². The Kier molecular flexibility index (Phi) is 6.98. The van der Waals surface area contributed by atoms with E-state index in [1.165, 1.54) is 23.8 Å². The molecule has 8 heteroatoms. The molecule has 0 saturated heterocycles. The maximum Gasteiger partial charge on any atom is 0.488 e. The number of benzene rings is 2. The van der Waals surface area contributed by atoms with E-state index in [1.54, 1.807) is 48.5 Å². The molecule has 2 aromatic rings. The van der Waals surface area contributed by atoms with Gasteiger partial charge >= 0.3 is 7.12 Å². The fourth-order valence-electron chi connectivity index (χ4n) is 2.11. The smallest absolute Gasteiger partial charge is 0.423 e. The Morgan fingerprint density at radius 3 is 2.46 bits per heavy atom. The molecule has 7 nitrogen and oxygen atoms in total. The van der Waals surface area contributed by atoms with Crippen molar-refractivity contribution >= 4 is 36.6 Å².